The van der Waals surface area contributed by atoms with Crippen molar-refractivity contribution in [2.75, 3.05) is 52.4 Å². The minimum absolute atomic E-state index is 0.0374. The Morgan fingerprint density at radius 2 is 1.82 bits per heavy atom. The molecule has 188 valence electrons. The van der Waals surface area contributed by atoms with E-state index in [1.807, 2.05) is 31.2 Å². The SMILES string of the molecule is COCCCNc1cc(CO[C@H]2CNC[C@@H](OC[C@@H](C)N)C2c2ccc(OC)cc2)ccc1O. The summed E-state index contributed by atoms with van der Waals surface area (Å²) in [5, 5.41) is 16.9. The first-order valence-corrected chi connectivity index (χ1v) is 11.9. The van der Waals surface area contributed by atoms with Crippen molar-refractivity contribution in [3.05, 3.63) is 53.6 Å². The van der Waals surface area contributed by atoms with Gasteiger partial charge in [-0.1, -0.05) is 18.2 Å². The van der Waals surface area contributed by atoms with E-state index in [0.29, 0.717) is 25.5 Å². The highest BCUT2D eigenvalue weighted by Gasteiger charge is 2.36. The van der Waals surface area contributed by atoms with Crippen LogP contribution in [-0.4, -0.2) is 70.4 Å². The molecule has 34 heavy (non-hydrogen) atoms. The van der Waals surface area contributed by atoms with E-state index in [1.54, 1.807) is 20.3 Å². The molecule has 0 bridgehead atoms. The molecule has 0 aliphatic carbocycles. The Kier molecular flexibility index (Phi) is 10.4. The first-order chi connectivity index (χ1) is 16.5. The lowest BCUT2D eigenvalue weighted by molar-refractivity contribution is -0.0616. The van der Waals surface area contributed by atoms with Crippen LogP contribution >= 0.6 is 0 Å². The van der Waals surface area contributed by atoms with Crippen LogP contribution in [0.1, 0.15) is 30.4 Å². The van der Waals surface area contributed by atoms with Gasteiger partial charge in [0.15, 0.2) is 0 Å². The lowest BCUT2D eigenvalue weighted by Gasteiger charge is -2.39. The van der Waals surface area contributed by atoms with Crippen LogP contribution in [0.5, 0.6) is 11.5 Å². The van der Waals surface area contributed by atoms with Crippen molar-refractivity contribution in [2.45, 2.75) is 44.1 Å². The number of piperidine rings is 1. The smallest absolute Gasteiger partial charge is 0.138 e. The zero-order valence-corrected chi connectivity index (χ0v) is 20.5. The maximum absolute atomic E-state index is 10.2. The van der Waals surface area contributed by atoms with E-state index < -0.39 is 0 Å². The van der Waals surface area contributed by atoms with Gasteiger partial charge in [0.1, 0.15) is 11.5 Å². The van der Waals surface area contributed by atoms with E-state index in [2.05, 4.69) is 22.8 Å². The molecular weight excluding hydrogens is 434 g/mol. The number of phenols is 1. The van der Waals surface area contributed by atoms with Crippen LogP contribution in [0.15, 0.2) is 42.5 Å². The number of ether oxygens (including phenoxy) is 4. The molecule has 0 aromatic heterocycles. The number of phenolic OH excluding ortho intramolecular Hbond substituents is 1. The summed E-state index contributed by atoms with van der Waals surface area (Å²) < 4.78 is 23.0. The maximum Gasteiger partial charge on any atom is 0.138 e. The van der Waals surface area contributed by atoms with Crippen molar-refractivity contribution in [1.29, 1.82) is 0 Å². The standard InChI is InChI=1S/C26H39N3O5/c1-18(27)16-33-24-14-28-15-25(26(24)20-6-8-21(32-3)9-7-20)34-17-19-5-10-23(30)22(13-19)29-11-4-12-31-2/h5-10,13,18,24-26,28-30H,4,11-12,14-17,27H2,1-3H3/t18-,24-,25+,26?/m1/s1. The third-order valence-electron chi connectivity index (χ3n) is 5.93. The van der Waals surface area contributed by atoms with E-state index in [0.717, 1.165) is 42.9 Å². The van der Waals surface area contributed by atoms with E-state index in [9.17, 15) is 5.11 Å². The predicted molar refractivity (Wildman–Crippen MR) is 134 cm³/mol. The monoisotopic (exact) mass is 473 g/mol. The van der Waals surface area contributed by atoms with Crippen molar-refractivity contribution in [2.24, 2.45) is 5.73 Å². The minimum Gasteiger partial charge on any atom is -0.506 e. The van der Waals surface area contributed by atoms with E-state index in [4.69, 9.17) is 24.7 Å². The molecule has 1 aliphatic rings. The number of benzene rings is 2. The maximum atomic E-state index is 10.2. The van der Waals surface area contributed by atoms with Crippen LogP contribution in [-0.2, 0) is 20.8 Å². The highest BCUT2D eigenvalue weighted by Crippen LogP contribution is 2.32. The predicted octanol–water partition coefficient (Wildman–Crippen LogP) is 2.85. The summed E-state index contributed by atoms with van der Waals surface area (Å²) >= 11 is 0. The fraction of sp³-hybridized carbons (Fsp3) is 0.538. The number of nitrogens with one attached hydrogen (secondary N) is 2. The van der Waals surface area contributed by atoms with Gasteiger partial charge in [0.2, 0.25) is 0 Å². The average Bonchev–Trinajstić information content (AvgIpc) is 2.85. The number of hydrogen-bond donors (Lipinski definition) is 4. The molecule has 1 unspecified atom stereocenters. The minimum atomic E-state index is -0.0906. The highest BCUT2D eigenvalue weighted by molar-refractivity contribution is 5.57. The Labute approximate surface area is 202 Å². The van der Waals surface area contributed by atoms with Crippen LogP contribution in [0.25, 0.3) is 0 Å². The summed E-state index contributed by atoms with van der Waals surface area (Å²) in [7, 11) is 3.35. The van der Waals surface area contributed by atoms with E-state index in [-0.39, 0.29) is 29.9 Å². The Balaban J connectivity index is 1.71. The molecule has 8 heteroatoms. The van der Waals surface area contributed by atoms with E-state index in [1.165, 1.54) is 0 Å². The van der Waals surface area contributed by atoms with Gasteiger partial charge in [-0.2, -0.15) is 0 Å². The largest absolute Gasteiger partial charge is 0.506 e. The molecule has 0 radical (unpaired) electrons. The summed E-state index contributed by atoms with van der Waals surface area (Å²) in [6, 6.07) is 13.6. The lowest BCUT2D eigenvalue weighted by atomic mass is 9.85. The molecular formula is C26H39N3O5. The molecule has 2 aromatic carbocycles. The van der Waals surface area contributed by atoms with Crippen LogP contribution in [0.4, 0.5) is 5.69 Å². The summed E-state index contributed by atoms with van der Waals surface area (Å²) in [6.45, 7) is 5.69. The molecule has 3 rings (SSSR count). The molecule has 1 heterocycles. The molecule has 0 saturated carbocycles. The van der Waals surface area contributed by atoms with Crippen LogP contribution in [0.3, 0.4) is 0 Å². The second-order valence-corrected chi connectivity index (χ2v) is 8.78. The first kappa shape index (κ1) is 26.2. The lowest BCUT2D eigenvalue weighted by Crippen LogP contribution is -2.51. The van der Waals surface area contributed by atoms with Crippen LogP contribution in [0, 0.1) is 0 Å². The molecule has 0 spiro atoms. The second-order valence-electron chi connectivity index (χ2n) is 8.78. The number of aromatic hydroxyl groups is 1. The molecule has 0 amide bonds. The van der Waals surface area contributed by atoms with Crippen LogP contribution in [0.2, 0.25) is 0 Å². The Morgan fingerprint density at radius 3 is 2.50 bits per heavy atom. The Morgan fingerprint density at radius 1 is 1.09 bits per heavy atom. The molecule has 2 aromatic rings. The number of anilines is 1. The van der Waals surface area contributed by atoms with Crippen molar-refractivity contribution in [1.82, 2.24) is 5.32 Å². The third kappa shape index (κ3) is 7.58. The molecule has 8 nitrogen and oxygen atoms in total. The van der Waals surface area contributed by atoms with Crippen molar-refractivity contribution in [3.63, 3.8) is 0 Å². The van der Waals surface area contributed by atoms with Gasteiger partial charge in [0, 0.05) is 45.3 Å². The van der Waals surface area contributed by atoms with Gasteiger partial charge in [-0.05, 0) is 48.7 Å². The third-order valence-corrected chi connectivity index (χ3v) is 5.93. The summed E-state index contributed by atoms with van der Waals surface area (Å²) in [5.41, 5.74) is 8.78. The summed E-state index contributed by atoms with van der Waals surface area (Å²) in [4.78, 5) is 0. The van der Waals surface area contributed by atoms with Crippen molar-refractivity contribution >= 4 is 5.69 Å². The molecule has 1 fully saturated rings. The topological polar surface area (TPSA) is 107 Å². The fourth-order valence-corrected chi connectivity index (χ4v) is 4.17. The van der Waals surface area contributed by atoms with Gasteiger partial charge < -0.3 is 40.4 Å². The zero-order valence-electron chi connectivity index (χ0n) is 20.5. The van der Waals surface area contributed by atoms with Crippen LogP contribution < -0.4 is 21.1 Å². The van der Waals surface area contributed by atoms with Gasteiger partial charge >= 0.3 is 0 Å². The van der Waals surface area contributed by atoms with Crippen molar-refractivity contribution < 1.29 is 24.1 Å². The Hall–Kier alpha value is -2.36. The molecule has 1 aliphatic heterocycles. The van der Waals surface area contributed by atoms with Crippen molar-refractivity contribution in [3.8, 4) is 11.5 Å². The van der Waals surface area contributed by atoms with E-state index >= 15 is 0 Å². The fourth-order valence-electron chi connectivity index (χ4n) is 4.17. The number of hydrogen-bond acceptors (Lipinski definition) is 8. The summed E-state index contributed by atoms with van der Waals surface area (Å²) in [6.07, 6.45) is 0.708. The zero-order chi connectivity index (χ0) is 24.3. The van der Waals surface area contributed by atoms with Gasteiger partial charge in [-0.25, -0.2) is 0 Å². The average molecular weight is 474 g/mol. The first-order valence-electron chi connectivity index (χ1n) is 11.9. The van der Waals surface area contributed by atoms with Gasteiger partial charge in [0.05, 0.1) is 38.2 Å². The van der Waals surface area contributed by atoms with Gasteiger partial charge in [0.25, 0.3) is 0 Å². The number of nitrogens with two attached hydrogens (primary N) is 1. The molecule has 1 saturated heterocycles. The van der Waals surface area contributed by atoms with Gasteiger partial charge in [-0.3, -0.25) is 0 Å². The quantitative estimate of drug-likeness (QED) is 0.260. The summed E-state index contributed by atoms with van der Waals surface area (Å²) in [5.74, 6) is 1.09. The Bertz CT molecular complexity index is 862. The normalized spacial score (nSPS) is 21.2. The highest BCUT2D eigenvalue weighted by atomic mass is 16.5. The van der Waals surface area contributed by atoms with Gasteiger partial charge in [-0.15, -0.1) is 0 Å². The number of methoxy groups -OCH3 is 2. The second kappa shape index (κ2) is 13.5. The molecule has 4 atom stereocenters. The number of rotatable bonds is 13. The molecule has 5 N–H and O–H groups in total.